The lowest BCUT2D eigenvalue weighted by Gasteiger charge is -2.27. The van der Waals surface area contributed by atoms with Crippen LogP contribution in [0.2, 0.25) is 19.6 Å². The van der Waals surface area contributed by atoms with Crippen molar-refractivity contribution in [3.05, 3.63) is 58.7 Å². The lowest BCUT2D eigenvalue weighted by atomic mass is 10.1. The van der Waals surface area contributed by atoms with Crippen LogP contribution >= 0.6 is 7.82 Å². The van der Waals surface area contributed by atoms with Gasteiger partial charge in [0.2, 0.25) is 8.32 Å². The lowest BCUT2D eigenvalue weighted by Crippen LogP contribution is -2.26. The number of aryl methyl sites for hydroxylation is 4. The summed E-state index contributed by atoms with van der Waals surface area (Å²) in [5.41, 5.74) is 3.57. The molecule has 0 fully saturated rings. The van der Waals surface area contributed by atoms with Crippen LogP contribution in [-0.2, 0) is 8.78 Å². The van der Waals surface area contributed by atoms with Gasteiger partial charge in [0.05, 0.1) is 0 Å². The minimum absolute atomic E-state index is 0.551. The number of hydrogen-bond acceptors (Lipinski definition) is 4. The van der Waals surface area contributed by atoms with Crippen molar-refractivity contribution in [2.75, 3.05) is 0 Å². The third-order valence-electron chi connectivity index (χ3n) is 3.61. The third kappa shape index (κ3) is 5.21. The topological polar surface area (TPSA) is 44.8 Å². The largest absolute Gasteiger partial charge is 0.577 e. The van der Waals surface area contributed by atoms with Gasteiger partial charge in [-0.05, 0) is 69.6 Å². The molecular formula is C19H27O4PSi. The summed E-state index contributed by atoms with van der Waals surface area (Å²) < 4.78 is 31.2. The zero-order chi connectivity index (χ0) is 18.8. The van der Waals surface area contributed by atoms with E-state index in [-0.39, 0.29) is 0 Å². The van der Waals surface area contributed by atoms with Gasteiger partial charge in [0.1, 0.15) is 11.5 Å². The van der Waals surface area contributed by atoms with Crippen molar-refractivity contribution < 1.29 is 17.8 Å². The summed E-state index contributed by atoms with van der Waals surface area (Å²) in [6.45, 7) is 13.5. The number of rotatable bonds is 6. The summed E-state index contributed by atoms with van der Waals surface area (Å²) >= 11 is 0. The fourth-order valence-electron chi connectivity index (χ4n) is 2.50. The van der Waals surface area contributed by atoms with Gasteiger partial charge in [-0.3, -0.25) is 0 Å². The van der Waals surface area contributed by atoms with Gasteiger partial charge in [-0.2, -0.15) is 0 Å². The first-order valence-corrected chi connectivity index (χ1v) is 13.2. The van der Waals surface area contributed by atoms with Gasteiger partial charge in [0.15, 0.2) is 0 Å². The Morgan fingerprint density at radius 2 is 1.04 bits per heavy atom. The summed E-state index contributed by atoms with van der Waals surface area (Å²) in [7, 11) is -6.01. The number of benzene rings is 2. The standard InChI is InChI=1S/C19H27O4PSi/c1-14-10-8-11-15(2)18(14)21-24(20,23-25(5,6)7)22-19-16(3)12-9-13-17(19)4/h8-13H,1-7H3. The molecule has 4 nitrogen and oxygen atoms in total. The highest BCUT2D eigenvalue weighted by Gasteiger charge is 2.38. The molecule has 136 valence electrons. The van der Waals surface area contributed by atoms with E-state index < -0.39 is 16.1 Å². The van der Waals surface area contributed by atoms with E-state index in [2.05, 4.69) is 0 Å². The summed E-state index contributed by atoms with van der Waals surface area (Å²) in [6.07, 6.45) is 0. The average Bonchev–Trinajstić information content (AvgIpc) is 2.46. The fourth-order valence-corrected chi connectivity index (χ4v) is 6.54. The second-order valence-electron chi connectivity index (χ2n) is 7.28. The number of hydrogen-bond donors (Lipinski definition) is 0. The molecule has 2 aromatic rings. The molecule has 0 aliphatic rings. The summed E-state index contributed by atoms with van der Waals surface area (Å²) in [6, 6.07) is 11.5. The van der Waals surface area contributed by atoms with Crippen molar-refractivity contribution in [2.45, 2.75) is 47.3 Å². The maximum atomic E-state index is 13.5. The van der Waals surface area contributed by atoms with Gasteiger partial charge in [-0.25, -0.2) is 4.57 Å². The molecule has 0 saturated carbocycles. The Hall–Kier alpha value is -1.55. The SMILES string of the molecule is Cc1cccc(C)c1OP(=O)(Oc1c(C)cccc1C)O[Si](C)(C)C. The van der Waals surface area contributed by atoms with E-state index in [4.69, 9.17) is 13.3 Å². The first-order chi connectivity index (χ1) is 11.5. The van der Waals surface area contributed by atoms with Crippen molar-refractivity contribution in [1.82, 2.24) is 0 Å². The molecule has 0 spiro atoms. The Kier molecular flexibility index (Phi) is 5.82. The summed E-state index contributed by atoms with van der Waals surface area (Å²) in [5.74, 6) is 1.10. The van der Waals surface area contributed by atoms with E-state index >= 15 is 0 Å². The van der Waals surface area contributed by atoms with Crippen molar-refractivity contribution in [3.8, 4) is 11.5 Å². The Balaban J connectivity index is 2.46. The van der Waals surface area contributed by atoms with Crippen LogP contribution in [0.1, 0.15) is 22.3 Å². The van der Waals surface area contributed by atoms with Gasteiger partial charge < -0.3 is 13.3 Å². The molecule has 0 bridgehead atoms. The molecule has 0 atom stereocenters. The average molecular weight is 378 g/mol. The van der Waals surface area contributed by atoms with Gasteiger partial charge in [0.25, 0.3) is 0 Å². The van der Waals surface area contributed by atoms with E-state index in [1.54, 1.807) is 0 Å². The highest BCUT2D eigenvalue weighted by molar-refractivity contribution is 7.51. The molecular weight excluding hydrogens is 351 g/mol. The summed E-state index contributed by atoms with van der Waals surface area (Å²) in [5, 5.41) is 0. The number of phosphoric acid groups is 1. The van der Waals surface area contributed by atoms with E-state index in [0.29, 0.717) is 11.5 Å². The van der Waals surface area contributed by atoms with E-state index in [9.17, 15) is 4.57 Å². The van der Waals surface area contributed by atoms with Crippen molar-refractivity contribution in [1.29, 1.82) is 0 Å². The van der Waals surface area contributed by atoms with Crippen LogP contribution in [0.5, 0.6) is 11.5 Å². The zero-order valence-electron chi connectivity index (χ0n) is 16.0. The summed E-state index contributed by atoms with van der Waals surface area (Å²) in [4.78, 5) is 0. The predicted molar refractivity (Wildman–Crippen MR) is 105 cm³/mol. The molecule has 0 aromatic heterocycles. The highest BCUT2D eigenvalue weighted by atomic mass is 31.2. The van der Waals surface area contributed by atoms with Crippen LogP contribution in [0.4, 0.5) is 0 Å². The molecule has 0 radical (unpaired) electrons. The molecule has 0 aliphatic heterocycles. The molecule has 0 N–H and O–H groups in total. The molecule has 0 amide bonds. The van der Waals surface area contributed by atoms with Crippen LogP contribution in [0, 0.1) is 27.7 Å². The molecule has 25 heavy (non-hydrogen) atoms. The number of phosphoric ester groups is 1. The maximum Gasteiger partial charge on any atom is 0.577 e. The first kappa shape index (κ1) is 19.8. The van der Waals surface area contributed by atoms with Crippen LogP contribution < -0.4 is 9.05 Å². The maximum absolute atomic E-state index is 13.5. The predicted octanol–water partition coefficient (Wildman–Crippen LogP) is 6.34. The Morgan fingerprint density at radius 1 is 0.720 bits per heavy atom. The second kappa shape index (κ2) is 7.36. The fraction of sp³-hybridized carbons (Fsp3) is 0.368. The molecule has 0 aliphatic carbocycles. The normalized spacial score (nSPS) is 12.1. The van der Waals surface area contributed by atoms with E-state index in [1.165, 1.54) is 0 Å². The monoisotopic (exact) mass is 378 g/mol. The van der Waals surface area contributed by atoms with Gasteiger partial charge >= 0.3 is 7.82 Å². The molecule has 2 rings (SSSR count). The Morgan fingerprint density at radius 3 is 1.32 bits per heavy atom. The van der Waals surface area contributed by atoms with Gasteiger partial charge in [-0.1, -0.05) is 36.4 Å². The number of para-hydroxylation sites is 2. The smallest absolute Gasteiger partial charge is 0.395 e. The van der Waals surface area contributed by atoms with Gasteiger partial charge in [0, 0.05) is 0 Å². The minimum atomic E-state index is -3.83. The second-order valence-corrected chi connectivity index (χ2v) is 13.5. The van der Waals surface area contributed by atoms with Crippen LogP contribution in [-0.4, -0.2) is 8.32 Å². The van der Waals surface area contributed by atoms with Gasteiger partial charge in [-0.15, -0.1) is 0 Å². The minimum Gasteiger partial charge on any atom is -0.395 e. The molecule has 0 saturated heterocycles. The molecule has 2 aromatic carbocycles. The molecule has 0 heterocycles. The Labute approximate surface area is 151 Å². The molecule has 6 heteroatoms. The van der Waals surface area contributed by atoms with Crippen LogP contribution in [0.15, 0.2) is 36.4 Å². The van der Waals surface area contributed by atoms with Crippen LogP contribution in [0.3, 0.4) is 0 Å². The van der Waals surface area contributed by atoms with Crippen molar-refractivity contribution in [2.24, 2.45) is 0 Å². The van der Waals surface area contributed by atoms with E-state index in [1.807, 2.05) is 83.7 Å². The third-order valence-corrected chi connectivity index (χ3v) is 7.51. The first-order valence-electron chi connectivity index (χ1n) is 8.33. The highest BCUT2D eigenvalue weighted by Crippen LogP contribution is 2.53. The zero-order valence-corrected chi connectivity index (χ0v) is 17.9. The molecule has 0 unspecified atom stereocenters. The van der Waals surface area contributed by atoms with Crippen molar-refractivity contribution in [3.63, 3.8) is 0 Å². The van der Waals surface area contributed by atoms with Crippen molar-refractivity contribution >= 4 is 16.1 Å². The quantitative estimate of drug-likeness (QED) is 0.435. The lowest BCUT2D eigenvalue weighted by molar-refractivity contribution is 0.294. The Bertz CT molecular complexity index is 714. The van der Waals surface area contributed by atoms with E-state index in [0.717, 1.165) is 22.3 Å². The van der Waals surface area contributed by atoms with Crippen LogP contribution in [0.25, 0.3) is 0 Å².